The van der Waals surface area contributed by atoms with Crippen LogP contribution in [0.4, 0.5) is 14.5 Å². The summed E-state index contributed by atoms with van der Waals surface area (Å²) in [4.78, 5) is 16.8. The van der Waals surface area contributed by atoms with E-state index in [-0.39, 0.29) is 23.6 Å². The Hall–Kier alpha value is -2.51. The predicted octanol–water partition coefficient (Wildman–Crippen LogP) is 3.12. The molecule has 1 heterocycles. The van der Waals surface area contributed by atoms with Gasteiger partial charge in [-0.15, -0.1) is 0 Å². The summed E-state index contributed by atoms with van der Waals surface area (Å²) in [5.41, 5.74) is 1.40. The monoisotopic (exact) mass is 389 g/mol. The van der Waals surface area contributed by atoms with Crippen molar-refractivity contribution in [3.8, 4) is 5.75 Å². The summed E-state index contributed by atoms with van der Waals surface area (Å²) in [5, 5.41) is 2.82. The maximum absolute atomic E-state index is 13.5. The summed E-state index contributed by atoms with van der Waals surface area (Å²) in [6, 6.07) is 9.97. The molecule has 1 amide bonds. The summed E-state index contributed by atoms with van der Waals surface area (Å²) >= 11 is 0. The van der Waals surface area contributed by atoms with Crippen LogP contribution in [-0.4, -0.2) is 55.0 Å². The summed E-state index contributed by atoms with van der Waals surface area (Å²) in [6.07, 6.45) is 0. The third kappa shape index (κ3) is 5.05. The highest BCUT2D eigenvalue weighted by Gasteiger charge is 2.26. The molecule has 0 spiro atoms. The van der Waals surface area contributed by atoms with Crippen LogP contribution in [0, 0.1) is 11.6 Å². The molecule has 3 rings (SSSR count). The normalized spacial score (nSPS) is 16.6. The van der Waals surface area contributed by atoms with E-state index in [4.69, 9.17) is 4.74 Å². The van der Waals surface area contributed by atoms with E-state index >= 15 is 0 Å². The van der Waals surface area contributed by atoms with Crippen molar-refractivity contribution < 1.29 is 18.3 Å². The van der Waals surface area contributed by atoms with E-state index in [0.29, 0.717) is 18.0 Å². The first-order valence-electron chi connectivity index (χ1n) is 9.31. The van der Waals surface area contributed by atoms with Gasteiger partial charge in [-0.2, -0.15) is 0 Å². The molecular formula is C21H25F2N3O2. The highest BCUT2D eigenvalue weighted by molar-refractivity contribution is 5.94. The van der Waals surface area contributed by atoms with Crippen LogP contribution >= 0.6 is 0 Å². The number of carbonyl (C=O) groups is 1. The molecule has 1 saturated heterocycles. The first-order valence-corrected chi connectivity index (χ1v) is 9.31. The van der Waals surface area contributed by atoms with E-state index in [1.807, 2.05) is 6.92 Å². The molecule has 1 N–H and O–H groups in total. The molecule has 0 bridgehead atoms. The van der Waals surface area contributed by atoms with Crippen LogP contribution in [0.5, 0.6) is 5.75 Å². The van der Waals surface area contributed by atoms with Crippen LogP contribution < -0.4 is 10.1 Å². The molecule has 0 saturated carbocycles. The Morgan fingerprint density at radius 1 is 1.07 bits per heavy atom. The lowest BCUT2D eigenvalue weighted by molar-refractivity contribution is -0.121. The quantitative estimate of drug-likeness (QED) is 0.825. The van der Waals surface area contributed by atoms with Crippen molar-refractivity contribution in [3.63, 3.8) is 0 Å². The van der Waals surface area contributed by atoms with Gasteiger partial charge in [-0.3, -0.25) is 14.6 Å². The van der Waals surface area contributed by atoms with Crippen LogP contribution in [0.25, 0.3) is 0 Å². The van der Waals surface area contributed by atoms with Gasteiger partial charge in [-0.05, 0) is 49.4 Å². The van der Waals surface area contributed by atoms with Crippen LogP contribution in [-0.2, 0) is 11.3 Å². The largest absolute Gasteiger partial charge is 0.496 e. The molecule has 2 aromatic carbocycles. The number of amides is 1. The van der Waals surface area contributed by atoms with Gasteiger partial charge in [0.25, 0.3) is 0 Å². The first kappa shape index (κ1) is 20.2. The number of ether oxygens (including phenoxy) is 1. The van der Waals surface area contributed by atoms with Crippen LogP contribution in [0.3, 0.4) is 0 Å². The Morgan fingerprint density at radius 2 is 1.71 bits per heavy atom. The molecule has 1 atom stereocenters. The van der Waals surface area contributed by atoms with Crippen molar-refractivity contribution in [2.75, 3.05) is 38.6 Å². The molecule has 150 valence electrons. The van der Waals surface area contributed by atoms with Crippen LogP contribution in [0.15, 0.2) is 42.5 Å². The number of nitrogens with one attached hydrogen (secondary N) is 1. The van der Waals surface area contributed by atoms with E-state index in [1.165, 1.54) is 24.3 Å². The second-order valence-corrected chi connectivity index (χ2v) is 6.94. The fourth-order valence-corrected chi connectivity index (χ4v) is 3.37. The van der Waals surface area contributed by atoms with E-state index in [0.717, 1.165) is 31.7 Å². The number of benzene rings is 2. The van der Waals surface area contributed by atoms with Gasteiger partial charge in [0, 0.05) is 44.0 Å². The summed E-state index contributed by atoms with van der Waals surface area (Å²) in [5.74, 6) is -0.0552. The second-order valence-electron chi connectivity index (χ2n) is 6.94. The number of carbonyl (C=O) groups excluding carboxylic acids is 1. The lowest BCUT2D eigenvalue weighted by Crippen LogP contribution is -2.52. The lowest BCUT2D eigenvalue weighted by Gasteiger charge is -2.37. The number of rotatable bonds is 6. The summed E-state index contributed by atoms with van der Waals surface area (Å²) < 4.78 is 31.8. The van der Waals surface area contributed by atoms with Crippen molar-refractivity contribution >= 4 is 11.6 Å². The highest BCUT2D eigenvalue weighted by Crippen LogP contribution is 2.22. The Balaban J connectivity index is 1.52. The Kier molecular flexibility index (Phi) is 6.59. The third-order valence-corrected chi connectivity index (χ3v) is 5.08. The molecule has 0 unspecified atom stereocenters. The highest BCUT2D eigenvalue weighted by atomic mass is 19.1. The lowest BCUT2D eigenvalue weighted by atomic mass is 10.1. The standard InChI is InChI=1S/C21H25F2N3O2/c1-15(21(27)24-19-6-3-17(22)4-7-19)26-11-9-25(10-12-26)14-16-13-18(23)5-8-20(16)28-2/h3-8,13,15H,9-12,14H2,1-2H3,(H,24,27)/t15-/m0/s1. The van der Waals surface area contributed by atoms with E-state index in [2.05, 4.69) is 15.1 Å². The molecule has 28 heavy (non-hydrogen) atoms. The Morgan fingerprint density at radius 3 is 2.36 bits per heavy atom. The van der Waals surface area contributed by atoms with Crippen molar-refractivity contribution in [2.45, 2.75) is 19.5 Å². The van der Waals surface area contributed by atoms with Gasteiger partial charge in [0.2, 0.25) is 5.91 Å². The van der Waals surface area contributed by atoms with Gasteiger partial charge in [0.15, 0.2) is 0 Å². The van der Waals surface area contributed by atoms with Crippen molar-refractivity contribution in [2.24, 2.45) is 0 Å². The molecule has 0 aromatic heterocycles. The number of nitrogens with zero attached hydrogens (tertiary/aromatic N) is 2. The SMILES string of the molecule is COc1ccc(F)cc1CN1CCN([C@@H](C)C(=O)Nc2ccc(F)cc2)CC1. The zero-order chi connectivity index (χ0) is 20.1. The summed E-state index contributed by atoms with van der Waals surface area (Å²) in [6.45, 7) is 5.47. The van der Waals surface area contributed by atoms with E-state index in [1.54, 1.807) is 25.3 Å². The van der Waals surface area contributed by atoms with Gasteiger partial charge < -0.3 is 10.1 Å². The van der Waals surface area contributed by atoms with Crippen molar-refractivity contribution in [1.82, 2.24) is 9.80 Å². The van der Waals surface area contributed by atoms with Gasteiger partial charge in [0.1, 0.15) is 17.4 Å². The van der Waals surface area contributed by atoms with Gasteiger partial charge >= 0.3 is 0 Å². The van der Waals surface area contributed by atoms with E-state index in [9.17, 15) is 13.6 Å². The molecule has 1 aliphatic heterocycles. The Labute approximate surface area is 163 Å². The van der Waals surface area contributed by atoms with Crippen LogP contribution in [0.1, 0.15) is 12.5 Å². The smallest absolute Gasteiger partial charge is 0.241 e. The zero-order valence-electron chi connectivity index (χ0n) is 16.1. The van der Waals surface area contributed by atoms with Gasteiger partial charge in [-0.1, -0.05) is 0 Å². The van der Waals surface area contributed by atoms with Gasteiger partial charge in [-0.25, -0.2) is 8.78 Å². The molecule has 0 aliphatic carbocycles. The topological polar surface area (TPSA) is 44.8 Å². The second kappa shape index (κ2) is 9.12. The minimum absolute atomic E-state index is 0.119. The van der Waals surface area contributed by atoms with Crippen LogP contribution in [0.2, 0.25) is 0 Å². The fourth-order valence-electron chi connectivity index (χ4n) is 3.37. The fraction of sp³-hybridized carbons (Fsp3) is 0.381. The number of anilines is 1. The molecule has 0 radical (unpaired) electrons. The Bertz CT molecular complexity index is 806. The molecular weight excluding hydrogens is 364 g/mol. The molecule has 1 aliphatic rings. The summed E-state index contributed by atoms with van der Waals surface area (Å²) in [7, 11) is 1.58. The number of piperazine rings is 1. The zero-order valence-corrected chi connectivity index (χ0v) is 16.1. The van der Waals surface area contributed by atoms with Gasteiger partial charge in [0.05, 0.1) is 13.2 Å². The minimum Gasteiger partial charge on any atom is -0.496 e. The number of methoxy groups -OCH3 is 1. The predicted molar refractivity (Wildman–Crippen MR) is 104 cm³/mol. The number of hydrogen-bond donors (Lipinski definition) is 1. The third-order valence-electron chi connectivity index (χ3n) is 5.08. The number of halogens is 2. The molecule has 1 fully saturated rings. The average Bonchev–Trinajstić information content (AvgIpc) is 2.70. The van der Waals surface area contributed by atoms with Crippen molar-refractivity contribution in [1.29, 1.82) is 0 Å². The average molecular weight is 389 g/mol. The number of hydrogen-bond acceptors (Lipinski definition) is 4. The van der Waals surface area contributed by atoms with Crippen molar-refractivity contribution in [3.05, 3.63) is 59.7 Å². The minimum atomic E-state index is -0.336. The molecule has 5 nitrogen and oxygen atoms in total. The first-order chi connectivity index (χ1) is 13.5. The van der Waals surface area contributed by atoms with E-state index < -0.39 is 0 Å². The molecule has 2 aromatic rings. The molecule has 7 heteroatoms. The maximum Gasteiger partial charge on any atom is 0.241 e. The maximum atomic E-state index is 13.5.